The fraction of sp³-hybridized carbons (Fsp3) is 1.00. The van der Waals surface area contributed by atoms with Crippen LogP contribution in [0.25, 0.3) is 0 Å². The number of rotatable bonds is 8. The van der Waals surface area contributed by atoms with Gasteiger partial charge in [-0.05, 0) is 45.6 Å². The SMILES string of the molecule is CCS(=O)(=O)NCCCNC(C)C1CC1. The summed E-state index contributed by atoms with van der Waals surface area (Å²) >= 11 is 0. The molecule has 5 heteroatoms. The van der Waals surface area contributed by atoms with Gasteiger partial charge in [0.15, 0.2) is 0 Å². The van der Waals surface area contributed by atoms with Crippen LogP contribution in [0, 0.1) is 5.92 Å². The standard InChI is InChI=1S/C10H22N2O2S/c1-3-15(13,14)12-8-4-7-11-9(2)10-5-6-10/h9-12H,3-8H2,1-2H3. The molecular formula is C10H22N2O2S. The maximum atomic E-state index is 11.1. The Kier molecular flexibility index (Phi) is 5.02. The van der Waals surface area contributed by atoms with E-state index in [0.717, 1.165) is 18.9 Å². The summed E-state index contributed by atoms with van der Waals surface area (Å²) in [6, 6.07) is 0.591. The third-order valence-corrected chi connectivity index (χ3v) is 4.26. The number of sulfonamides is 1. The molecule has 4 nitrogen and oxygen atoms in total. The van der Waals surface area contributed by atoms with Crippen LogP contribution in [0.4, 0.5) is 0 Å². The molecule has 0 radical (unpaired) electrons. The highest BCUT2D eigenvalue weighted by molar-refractivity contribution is 7.89. The lowest BCUT2D eigenvalue weighted by atomic mass is 10.2. The van der Waals surface area contributed by atoms with Crippen LogP contribution in [-0.2, 0) is 10.0 Å². The van der Waals surface area contributed by atoms with E-state index in [4.69, 9.17) is 0 Å². The predicted octanol–water partition coefficient (Wildman–Crippen LogP) is 0.704. The van der Waals surface area contributed by atoms with Gasteiger partial charge in [-0.25, -0.2) is 13.1 Å². The van der Waals surface area contributed by atoms with E-state index in [1.807, 2.05) is 0 Å². The summed E-state index contributed by atoms with van der Waals surface area (Å²) in [6.07, 6.45) is 3.55. The Morgan fingerprint density at radius 2 is 2.00 bits per heavy atom. The highest BCUT2D eigenvalue weighted by Gasteiger charge is 2.26. The minimum atomic E-state index is -3.00. The summed E-state index contributed by atoms with van der Waals surface area (Å²) in [4.78, 5) is 0. The maximum Gasteiger partial charge on any atom is 0.211 e. The molecule has 2 N–H and O–H groups in total. The van der Waals surface area contributed by atoms with Crippen LogP contribution in [0.5, 0.6) is 0 Å². The smallest absolute Gasteiger partial charge is 0.211 e. The first kappa shape index (κ1) is 12.9. The molecule has 90 valence electrons. The molecule has 1 aliphatic carbocycles. The van der Waals surface area contributed by atoms with Gasteiger partial charge in [-0.15, -0.1) is 0 Å². The quantitative estimate of drug-likeness (QED) is 0.608. The monoisotopic (exact) mass is 234 g/mol. The van der Waals surface area contributed by atoms with Crippen molar-refractivity contribution in [3.8, 4) is 0 Å². The Balaban J connectivity index is 1.97. The second kappa shape index (κ2) is 5.82. The maximum absolute atomic E-state index is 11.1. The molecule has 1 fully saturated rings. The van der Waals surface area contributed by atoms with Gasteiger partial charge in [0.05, 0.1) is 5.75 Å². The Labute approximate surface area is 92.9 Å². The summed E-state index contributed by atoms with van der Waals surface area (Å²) in [5, 5.41) is 3.41. The molecule has 0 aromatic rings. The zero-order valence-electron chi connectivity index (χ0n) is 9.62. The predicted molar refractivity (Wildman–Crippen MR) is 62.3 cm³/mol. The minimum absolute atomic E-state index is 0.166. The van der Waals surface area contributed by atoms with E-state index in [2.05, 4.69) is 17.0 Å². The van der Waals surface area contributed by atoms with Gasteiger partial charge in [0, 0.05) is 12.6 Å². The van der Waals surface area contributed by atoms with Crippen molar-refractivity contribution in [1.29, 1.82) is 0 Å². The first-order valence-electron chi connectivity index (χ1n) is 5.76. The number of hydrogen-bond acceptors (Lipinski definition) is 3. The van der Waals surface area contributed by atoms with Crippen molar-refractivity contribution in [1.82, 2.24) is 10.0 Å². The molecule has 1 rings (SSSR count). The molecule has 1 unspecified atom stereocenters. The van der Waals surface area contributed by atoms with Crippen LogP contribution in [0.3, 0.4) is 0 Å². The van der Waals surface area contributed by atoms with Crippen molar-refractivity contribution in [3.05, 3.63) is 0 Å². The van der Waals surface area contributed by atoms with Crippen LogP contribution < -0.4 is 10.0 Å². The first-order valence-corrected chi connectivity index (χ1v) is 7.41. The Hall–Kier alpha value is -0.130. The van der Waals surface area contributed by atoms with Crippen molar-refractivity contribution >= 4 is 10.0 Å². The van der Waals surface area contributed by atoms with Crippen molar-refractivity contribution in [2.45, 2.75) is 39.2 Å². The van der Waals surface area contributed by atoms with Gasteiger partial charge in [-0.2, -0.15) is 0 Å². The summed E-state index contributed by atoms with van der Waals surface area (Å²) in [6.45, 7) is 5.29. The van der Waals surface area contributed by atoms with E-state index in [0.29, 0.717) is 12.6 Å². The van der Waals surface area contributed by atoms with Crippen LogP contribution in [-0.4, -0.2) is 33.3 Å². The second-order valence-corrected chi connectivity index (χ2v) is 6.33. The molecule has 0 spiro atoms. The third kappa shape index (κ3) is 5.49. The van der Waals surface area contributed by atoms with E-state index in [1.165, 1.54) is 12.8 Å². The lowest BCUT2D eigenvalue weighted by Gasteiger charge is -2.12. The first-order chi connectivity index (χ1) is 7.05. The molecule has 0 saturated heterocycles. The fourth-order valence-corrected chi connectivity index (χ4v) is 2.17. The molecule has 0 aliphatic heterocycles. The zero-order valence-corrected chi connectivity index (χ0v) is 10.4. The van der Waals surface area contributed by atoms with Crippen molar-refractivity contribution < 1.29 is 8.42 Å². The highest BCUT2D eigenvalue weighted by atomic mass is 32.2. The highest BCUT2D eigenvalue weighted by Crippen LogP contribution is 2.32. The molecule has 1 atom stereocenters. The summed E-state index contributed by atoms with van der Waals surface area (Å²) in [7, 11) is -3.00. The number of hydrogen-bond donors (Lipinski definition) is 2. The van der Waals surface area contributed by atoms with E-state index in [-0.39, 0.29) is 5.75 Å². The van der Waals surface area contributed by atoms with Crippen LogP contribution in [0.15, 0.2) is 0 Å². The van der Waals surface area contributed by atoms with Gasteiger partial charge < -0.3 is 5.32 Å². The van der Waals surface area contributed by atoms with Gasteiger partial charge in [0.25, 0.3) is 0 Å². The Morgan fingerprint density at radius 3 is 2.53 bits per heavy atom. The van der Waals surface area contributed by atoms with E-state index >= 15 is 0 Å². The molecule has 0 aromatic heterocycles. The lowest BCUT2D eigenvalue weighted by molar-refractivity contribution is 0.488. The van der Waals surface area contributed by atoms with E-state index < -0.39 is 10.0 Å². The van der Waals surface area contributed by atoms with Crippen molar-refractivity contribution in [2.24, 2.45) is 5.92 Å². The molecule has 0 amide bonds. The zero-order chi connectivity index (χ0) is 11.3. The molecule has 0 heterocycles. The van der Waals surface area contributed by atoms with E-state index in [1.54, 1.807) is 6.92 Å². The normalized spacial score (nSPS) is 19.1. The molecule has 0 aromatic carbocycles. The van der Waals surface area contributed by atoms with Gasteiger partial charge in [0.1, 0.15) is 0 Å². The molecule has 0 bridgehead atoms. The van der Waals surface area contributed by atoms with Gasteiger partial charge in [-0.1, -0.05) is 0 Å². The topological polar surface area (TPSA) is 58.2 Å². The summed E-state index contributed by atoms with van der Waals surface area (Å²) in [5.74, 6) is 1.02. The number of nitrogens with one attached hydrogen (secondary N) is 2. The Bertz CT molecular complexity index is 273. The van der Waals surface area contributed by atoms with Gasteiger partial charge >= 0.3 is 0 Å². The molecule has 1 aliphatic rings. The average molecular weight is 234 g/mol. The molecule has 15 heavy (non-hydrogen) atoms. The van der Waals surface area contributed by atoms with Gasteiger partial charge in [-0.3, -0.25) is 0 Å². The largest absolute Gasteiger partial charge is 0.314 e. The Morgan fingerprint density at radius 1 is 1.33 bits per heavy atom. The lowest BCUT2D eigenvalue weighted by Crippen LogP contribution is -2.32. The summed E-state index contributed by atoms with van der Waals surface area (Å²) < 4.78 is 24.7. The fourth-order valence-electron chi connectivity index (χ4n) is 1.51. The minimum Gasteiger partial charge on any atom is -0.314 e. The molecular weight excluding hydrogens is 212 g/mol. The van der Waals surface area contributed by atoms with E-state index in [9.17, 15) is 8.42 Å². The van der Waals surface area contributed by atoms with Crippen LogP contribution in [0.1, 0.15) is 33.1 Å². The molecule has 1 saturated carbocycles. The van der Waals surface area contributed by atoms with Crippen molar-refractivity contribution in [2.75, 3.05) is 18.8 Å². The van der Waals surface area contributed by atoms with Gasteiger partial charge in [0.2, 0.25) is 10.0 Å². The second-order valence-electron chi connectivity index (χ2n) is 4.23. The average Bonchev–Trinajstić information content (AvgIpc) is 3.00. The van der Waals surface area contributed by atoms with Crippen LogP contribution >= 0.6 is 0 Å². The van der Waals surface area contributed by atoms with Crippen molar-refractivity contribution in [3.63, 3.8) is 0 Å². The summed E-state index contributed by atoms with van der Waals surface area (Å²) in [5.41, 5.74) is 0. The van der Waals surface area contributed by atoms with Crippen LogP contribution in [0.2, 0.25) is 0 Å². The third-order valence-electron chi connectivity index (χ3n) is 2.85.